The van der Waals surface area contributed by atoms with Crippen LogP contribution >= 0.6 is 0 Å². The molecule has 0 aromatic heterocycles. The van der Waals surface area contributed by atoms with Crippen molar-refractivity contribution in [3.8, 4) is 11.1 Å². The first kappa shape index (κ1) is 23.4. The van der Waals surface area contributed by atoms with Crippen molar-refractivity contribution in [1.82, 2.24) is 10.2 Å². The summed E-state index contributed by atoms with van der Waals surface area (Å²) < 4.78 is 11.0. The second-order valence-corrected chi connectivity index (χ2v) is 9.74. The van der Waals surface area contributed by atoms with E-state index in [9.17, 15) is 14.4 Å². The molecule has 2 amide bonds. The minimum Gasteiger partial charge on any atom is -0.480 e. The smallest absolute Gasteiger partial charge is 0.407 e. The van der Waals surface area contributed by atoms with E-state index < -0.39 is 17.6 Å². The summed E-state index contributed by atoms with van der Waals surface area (Å²) in [5.74, 6) is -1.09. The standard InChI is InChI=1S/C27H30N2O6/c30-24(29-14-18(15-29)34-17-25(31)32)13-27(11-5-6-12-27)28-26(33)35-16-23-21-9-3-1-7-19(21)20-8-2-4-10-22(20)23/h1-4,7-10,18,23H,5-6,11-17H2,(H,28,33)(H,31,32). The van der Waals surface area contributed by atoms with E-state index in [1.807, 2.05) is 24.3 Å². The minimum absolute atomic E-state index is 0.0156. The lowest BCUT2D eigenvalue weighted by Gasteiger charge is -2.41. The highest BCUT2D eigenvalue weighted by Crippen LogP contribution is 2.44. The molecule has 0 unspecified atom stereocenters. The molecule has 0 bridgehead atoms. The normalized spacial score (nSPS) is 18.5. The van der Waals surface area contributed by atoms with Gasteiger partial charge in [0.1, 0.15) is 13.2 Å². The van der Waals surface area contributed by atoms with Crippen LogP contribution in [0, 0.1) is 0 Å². The number of carboxylic acid groups (broad SMARTS) is 1. The average Bonchev–Trinajstić information content (AvgIpc) is 3.39. The third-order valence-corrected chi connectivity index (χ3v) is 7.40. The van der Waals surface area contributed by atoms with Crippen LogP contribution in [-0.2, 0) is 19.1 Å². The number of likely N-dealkylation sites (tertiary alicyclic amines) is 1. The summed E-state index contributed by atoms with van der Waals surface area (Å²) in [6, 6.07) is 16.4. The number of rotatable bonds is 8. The van der Waals surface area contributed by atoms with Crippen molar-refractivity contribution in [3.63, 3.8) is 0 Å². The number of fused-ring (bicyclic) bond motifs is 3. The van der Waals surface area contributed by atoms with Crippen LogP contribution < -0.4 is 5.32 Å². The van der Waals surface area contributed by atoms with Gasteiger partial charge >= 0.3 is 12.1 Å². The van der Waals surface area contributed by atoms with E-state index in [4.69, 9.17) is 14.6 Å². The molecule has 1 saturated carbocycles. The van der Waals surface area contributed by atoms with Crippen molar-refractivity contribution in [2.45, 2.75) is 49.7 Å². The van der Waals surface area contributed by atoms with Crippen LogP contribution in [0.5, 0.6) is 0 Å². The van der Waals surface area contributed by atoms with Crippen LogP contribution in [0.1, 0.15) is 49.1 Å². The first-order valence-electron chi connectivity index (χ1n) is 12.2. The number of carbonyl (C=O) groups excluding carboxylic acids is 2. The number of carboxylic acids is 1. The van der Waals surface area contributed by atoms with Gasteiger partial charge in [-0.2, -0.15) is 0 Å². The largest absolute Gasteiger partial charge is 0.480 e. The molecule has 2 aliphatic carbocycles. The summed E-state index contributed by atoms with van der Waals surface area (Å²) in [6.07, 6.45) is 2.83. The number of hydrogen-bond donors (Lipinski definition) is 2. The molecular weight excluding hydrogens is 448 g/mol. The maximum Gasteiger partial charge on any atom is 0.407 e. The maximum absolute atomic E-state index is 12.9. The Balaban J connectivity index is 1.17. The van der Waals surface area contributed by atoms with Gasteiger partial charge in [0.05, 0.1) is 18.1 Å². The molecule has 1 heterocycles. The van der Waals surface area contributed by atoms with Crippen molar-refractivity contribution in [2.24, 2.45) is 0 Å². The van der Waals surface area contributed by atoms with Gasteiger partial charge in [-0.05, 0) is 35.1 Å². The van der Waals surface area contributed by atoms with Crippen LogP contribution in [0.2, 0.25) is 0 Å². The SMILES string of the molecule is O=C(O)COC1CN(C(=O)CC2(NC(=O)OCC3c4ccccc4-c4ccccc43)CCCC2)C1. The molecule has 8 heteroatoms. The zero-order valence-corrected chi connectivity index (χ0v) is 19.6. The Hall–Kier alpha value is -3.39. The molecule has 2 N–H and O–H groups in total. The summed E-state index contributed by atoms with van der Waals surface area (Å²) in [4.78, 5) is 38.0. The van der Waals surface area contributed by atoms with Gasteiger partial charge in [-0.15, -0.1) is 0 Å². The fourth-order valence-electron chi connectivity index (χ4n) is 5.59. The van der Waals surface area contributed by atoms with Crippen molar-refractivity contribution >= 4 is 18.0 Å². The number of amides is 2. The highest BCUT2D eigenvalue weighted by molar-refractivity contribution is 5.80. The van der Waals surface area contributed by atoms with E-state index in [0.717, 1.165) is 36.8 Å². The molecular formula is C27H30N2O6. The zero-order valence-electron chi connectivity index (χ0n) is 19.6. The Morgan fingerprint density at radius 3 is 2.17 bits per heavy atom. The van der Waals surface area contributed by atoms with Gasteiger partial charge in [0.15, 0.2) is 0 Å². The zero-order chi connectivity index (χ0) is 24.4. The molecule has 184 valence electrons. The van der Waals surface area contributed by atoms with Crippen LogP contribution in [-0.4, -0.2) is 65.9 Å². The number of aliphatic carboxylic acids is 1. The van der Waals surface area contributed by atoms with Gasteiger partial charge in [0.25, 0.3) is 0 Å². The molecule has 3 aliphatic rings. The quantitative estimate of drug-likeness (QED) is 0.601. The average molecular weight is 479 g/mol. The van der Waals surface area contributed by atoms with Crippen LogP contribution in [0.4, 0.5) is 4.79 Å². The summed E-state index contributed by atoms with van der Waals surface area (Å²) in [7, 11) is 0. The van der Waals surface area contributed by atoms with Gasteiger partial charge < -0.3 is 24.8 Å². The monoisotopic (exact) mass is 478 g/mol. The lowest BCUT2D eigenvalue weighted by atomic mass is 9.92. The molecule has 8 nitrogen and oxygen atoms in total. The van der Waals surface area contributed by atoms with Gasteiger partial charge in [0, 0.05) is 19.0 Å². The number of nitrogens with one attached hydrogen (secondary N) is 1. The van der Waals surface area contributed by atoms with E-state index in [0.29, 0.717) is 13.1 Å². The van der Waals surface area contributed by atoms with Crippen LogP contribution in [0.15, 0.2) is 48.5 Å². The fraction of sp³-hybridized carbons (Fsp3) is 0.444. The number of nitrogens with zero attached hydrogens (tertiary/aromatic N) is 1. The van der Waals surface area contributed by atoms with Gasteiger partial charge in [-0.3, -0.25) is 4.79 Å². The van der Waals surface area contributed by atoms with Crippen molar-refractivity contribution in [1.29, 1.82) is 0 Å². The second-order valence-electron chi connectivity index (χ2n) is 9.74. The first-order valence-corrected chi connectivity index (χ1v) is 12.2. The van der Waals surface area contributed by atoms with Gasteiger partial charge in [-0.1, -0.05) is 61.4 Å². The molecule has 35 heavy (non-hydrogen) atoms. The predicted molar refractivity (Wildman–Crippen MR) is 128 cm³/mol. The summed E-state index contributed by atoms with van der Waals surface area (Å²) in [5, 5.41) is 11.7. The number of hydrogen-bond acceptors (Lipinski definition) is 5. The third-order valence-electron chi connectivity index (χ3n) is 7.40. The molecule has 0 atom stereocenters. The second kappa shape index (κ2) is 9.70. The highest BCUT2D eigenvalue weighted by Gasteiger charge is 2.41. The van der Waals surface area contributed by atoms with Crippen molar-refractivity contribution in [2.75, 3.05) is 26.3 Å². The molecule has 2 fully saturated rings. The Labute approximate surface area is 204 Å². The molecule has 1 aliphatic heterocycles. The van der Waals surface area contributed by atoms with Crippen molar-refractivity contribution in [3.05, 3.63) is 59.7 Å². The third kappa shape index (κ3) is 4.89. The maximum atomic E-state index is 12.9. The lowest BCUT2D eigenvalue weighted by Crippen LogP contribution is -2.58. The highest BCUT2D eigenvalue weighted by atomic mass is 16.5. The molecule has 2 aromatic carbocycles. The molecule has 1 saturated heterocycles. The van der Waals surface area contributed by atoms with Crippen molar-refractivity contribution < 1.29 is 29.0 Å². The molecule has 0 spiro atoms. The summed E-state index contributed by atoms with van der Waals surface area (Å²) >= 11 is 0. The lowest BCUT2D eigenvalue weighted by molar-refractivity contribution is -0.155. The molecule has 5 rings (SSSR count). The first-order chi connectivity index (χ1) is 16.9. The van der Waals surface area contributed by atoms with E-state index >= 15 is 0 Å². The molecule has 0 radical (unpaired) electrons. The summed E-state index contributed by atoms with van der Waals surface area (Å²) in [5.41, 5.74) is 4.06. The van der Waals surface area contributed by atoms with Gasteiger partial charge in [-0.25, -0.2) is 9.59 Å². The number of alkyl carbamates (subject to hydrolysis) is 1. The Morgan fingerprint density at radius 2 is 1.57 bits per heavy atom. The van der Waals surface area contributed by atoms with E-state index in [-0.39, 0.29) is 37.6 Å². The van der Waals surface area contributed by atoms with Crippen LogP contribution in [0.25, 0.3) is 11.1 Å². The number of ether oxygens (including phenoxy) is 2. The Kier molecular flexibility index (Phi) is 6.47. The van der Waals surface area contributed by atoms with E-state index in [1.54, 1.807) is 4.90 Å². The molecule has 2 aromatic rings. The van der Waals surface area contributed by atoms with E-state index in [2.05, 4.69) is 29.6 Å². The summed E-state index contributed by atoms with van der Waals surface area (Å²) in [6.45, 7) is 0.638. The van der Waals surface area contributed by atoms with Gasteiger partial charge in [0.2, 0.25) is 5.91 Å². The minimum atomic E-state index is -1.02. The number of benzene rings is 2. The predicted octanol–water partition coefficient (Wildman–Crippen LogP) is 3.54. The topological polar surface area (TPSA) is 105 Å². The number of carbonyl (C=O) groups is 3. The Bertz CT molecular complexity index is 1070. The fourth-order valence-corrected chi connectivity index (χ4v) is 5.59. The van der Waals surface area contributed by atoms with E-state index in [1.165, 1.54) is 11.1 Å². The Morgan fingerprint density at radius 1 is 0.971 bits per heavy atom. The van der Waals surface area contributed by atoms with Crippen LogP contribution in [0.3, 0.4) is 0 Å².